The van der Waals surface area contributed by atoms with Gasteiger partial charge in [0.05, 0.1) is 6.61 Å². The minimum atomic E-state index is -1.37. The molecule has 0 radical (unpaired) electrons. The molecule has 0 aliphatic rings. The molecule has 0 fully saturated rings. The van der Waals surface area contributed by atoms with E-state index in [4.69, 9.17) is 4.43 Å². The first-order valence-electron chi connectivity index (χ1n) is 6.07. The van der Waals surface area contributed by atoms with Crippen LogP contribution in [0.15, 0.2) is 24.3 Å². The molecule has 0 atom stereocenters. The van der Waals surface area contributed by atoms with E-state index in [2.05, 4.69) is 78.3 Å². The maximum atomic E-state index is 5.90. The fourth-order valence-electron chi connectivity index (χ4n) is 1.58. The second-order valence-corrected chi connectivity index (χ2v) is 10.8. The molecule has 2 nitrogen and oxygen atoms in total. The van der Waals surface area contributed by atoms with Gasteiger partial charge in [-0.3, -0.25) is 0 Å². The van der Waals surface area contributed by atoms with Crippen molar-refractivity contribution in [1.82, 2.24) is 0 Å². The molecule has 0 unspecified atom stereocenters. The highest BCUT2D eigenvalue weighted by Gasteiger charge is 2.14. The standard InChI is InChI=1S/C13H22INOSi/c1-5-15(10-11-16-17(2,3)4)13-8-6-12(14)7-9-13/h6-9H,5,10-11H2,1-4H3. The molecule has 0 aliphatic heterocycles. The van der Waals surface area contributed by atoms with Crippen LogP contribution in [0.5, 0.6) is 0 Å². The molecule has 0 spiro atoms. The molecule has 4 heteroatoms. The molecule has 1 aromatic rings. The fraction of sp³-hybridized carbons (Fsp3) is 0.538. The van der Waals surface area contributed by atoms with E-state index < -0.39 is 8.32 Å². The van der Waals surface area contributed by atoms with Crippen LogP contribution in [0.2, 0.25) is 19.6 Å². The molecule has 0 N–H and O–H groups in total. The Morgan fingerprint density at radius 3 is 2.24 bits per heavy atom. The van der Waals surface area contributed by atoms with E-state index in [1.54, 1.807) is 0 Å². The molecule has 0 saturated heterocycles. The minimum Gasteiger partial charge on any atom is -0.416 e. The lowest BCUT2D eigenvalue weighted by atomic mass is 10.3. The molecule has 17 heavy (non-hydrogen) atoms. The van der Waals surface area contributed by atoms with Crippen LogP contribution in [0, 0.1) is 3.57 Å². The van der Waals surface area contributed by atoms with E-state index in [0.29, 0.717) is 0 Å². The predicted octanol–water partition coefficient (Wildman–Crippen LogP) is 3.97. The van der Waals surface area contributed by atoms with Crippen molar-refractivity contribution >= 4 is 36.6 Å². The largest absolute Gasteiger partial charge is 0.416 e. The van der Waals surface area contributed by atoms with Crippen LogP contribution in [-0.4, -0.2) is 28.0 Å². The van der Waals surface area contributed by atoms with Crippen molar-refractivity contribution < 1.29 is 4.43 Å². The van der Waals surface area contributed by atoms with Crippen LogP contribution in [0.1, 0.15) is 6.92 Å². The van der Waals surface area contributed by atoms with Gasteiger partial charge in [-0.05, 0) is 73.4 Å². The van der Waals surface area contributed by atoms with E-state index in [9.17, 15) is 0 Å². The summed E-state index contributed by atoms with van der Waals surface area (Å²) in [4.78, 5) is 2.36. The van der Waals surface area contributed by atoms with Gasteiger partial charge in [-0.2, -0.15) is 0 Å². The fourth-order valence-corrected chi connectivity index (χ4v) is 2.65. The van der Waals surface area contributed by atoms with Crippen molar-refractivity contribution in [3.63, 3.8) is 0 Å². The van der Waals surface area contributed by atoms with Crippen LogP contribution in [0.3, 0.4) is 0 Å². The molecule has 0 aromatic heterocycles. The molecule has 1 aromatic carbocycles. The summed E-state index contributed by atoms with van der Waals surface area (Å²) in [5.74, 6) is 0. The molecule has 0 aliphatic carbocycles. The minimum absolute atomic E-state index is 0.829. The molecule has 1 rings (SSSR count). The quantitative estimate of drug-likeness (QED) is 0.560. The summed E-state index contributed by atoms with van der Waals surface area (Å²) in [6, 6.07) is 8.66. The summed E-state index contributed by atoms with van der Waals surface area (Å²) in [6.07, 6.45) is 0. The monoisotopic (exact) mass is 363 g/mol. The molecule has 0 saturated carbocycles. The SMILES string of the molecule is CCN(CCO[Si](C)(C)C)c1ccc(I)cc1. The lowest BCUT2D eigenvalue weighted by Crippen LogP contribution is -2.33. The Morgan fingerprint density at radius 1 is 1.18 bits per heavy atom. The Morgan fingerprint density at radius 2 is 1.76 bits per heavy atom. The van der Waals surface area contributed by atoms with E-state index in [1.807, 2.05) is 0 Å². The van der Waals surface area contributed by atoms with Gasteiger partial charge >= 0.3 is 0 Å². The summed E-state index contributed by atoms with van der Waals surface area (Å²) < 4.78 is 7.18. The Kier molecular flexibility index (Phi) is 5.95. The van der Waals surface area contributed by atoms with Crippen LogP contribution >= 0.6 is 22.6 Å². The van der Waals surface area contributed by atoms with E-state index in [-0.39, 0.29) is 0 Å². The van der Waals surface area contributed by atoms with Gasteiger partial charge in [-0.15, -0.1) is 0 Å². The van der Waals surface area contributed by atoms with Gasteiger partial charge < -0.3 is 9.33 Å². The molecule has 96 valence electrons. The first-order chi connectivity index (χ1) is 7.92. The van der Waals surface area contributed by atoms with Gasteiger partial charge in [-0.1, -0.05) is 0 Å². The number of hydrogen-bond acceptors (Lipinski definition) is 2. The van der Waals surface area contributed by atoms with E-state index in [0.717, 1.165) is 19.7 Å². The molecule has 0 heterocycles. The number of likely N-dealkylation sites (N-methyl/N-ethyl adjacent to an activating group) is 1. The van der Waals surface area contributed by atoms with Crippen molar-refractivity contribution in [2.24, 2.45) is 0 Å². The Bertz CT molecular complexity index is 334. The summed E-state index contributed by atoms with van der Waals surface area (Å²) in [6.45, 7) is 11.7. The average Bonchev–Trinajstić information content (AvgIpc) is 2.24. The summed E-state index contributed by atoms with van der Waals surface area (Å²) >= 11 is 2.33. The number of anilines is 1. The first kappa shape index (κ1) is 15.0. The van der Waals surface area contributed by atoms with Gasteiger partial charge in [0, 0.05) is 22.3 Å². The highest BCUT2D eigenvalue weighted by atomic mass is 127. The highest BCUT2D eigenvalue weighted by molar-refractivity contribution is 14.1. The third-order valence-corrected chi connectivity index (χ3v) is 4.26. The third kappa shape index (κ3) is 5.88. The van der Waals surface area contributed by atoms with Crippen molar-refractivity contribution in [1.29, 1.82) is 0 Å². The van der Waals surface area contributed by atoms with Crippen LogP contribution in [0.4, 0.5) is 5.69 Å². The first-order valence-corrected chi connectivity index (χ1v) is 10.6. The lowest BCUT2D eigenvalue weighted by molar-refractivity contribution is 0.318. The molecular formula is C13H22INOSi. The lowest BCUT2D eigenvalue weighted by Gasteiger charge is -2.25. The van der Waals surface area contributed by atoms with E-state index in [1.165, 1.54) is 9.26 Å². The second-order valence-electron chi connectivity index (χ2n) is 5.02. The zero-order chi connectivity index (χ0) is 12.9. The van der Waals surface area contributed by atoms with Crippen molar-refractivity contribution in [2.45, 2.75) is 26.6 Å². The van der Waals surface area contributed by atoms with E-state index >= 15 is 0 Å². The van der Waals surface area contributed by atoms with Crippen molar-refractivity contribution in [3.8, 4) is 0 Å². The Labute approximate surface area is 120 Å². The predicted molar refractivity (Wildman–Crippen MR) is 86.3 cm³/mol. The smallest absolute Gasteiger partial charge is 0.183 e. The van der Waals surface area contributed by atoms with Crippen LogP contribution in [0.25, 0.3) is 0 Å². The average molecular weight is 363 g/mol. The zero-order valence-electron chi connectivity index (χ0n) is 11.2. The number of halogens is 1. The number of hydrogen-bond donors (Lipinski definition) is 0. The van der Waals surface area contributed by atoms with Gasteiger partial charge in [-0.25, -0.2) is 0 Å². The van der Waals surface area contributed by atoms with Crippen LogP contribution < -0.4 is 4.90 Å². The normalized spacial score (nSPS) is 11.6. The molecular weight excluding hydrogens is 341 g/mol. The van der Waals surface area contributed by atoms with Crippen molar-refractivity contribution in [3.05, 3.63) is 27.8 Å². The summed E-state index contributed by atoms with van der Waals surface area (Å²) in [5, 5.41) is 0. The second kappa shape index (κ2) is 6.75. The van der Waals surface area contributed by atoms with Crippen molar-refractivity contribution in [2.75, 3.05) is 24.6 Å². The maximum absolute atomic E-state index is 5.90. The summed E-state index contributed by atoms with van der Waals surface area (Å²) in [7, 11) is -1.37. The maximum Gasteiger partial charge on any atom is 0.183 e. The number of rotatable bonds is 6. The Balaban J connectivity index is 2.51. The van der Waals surface area contributed by atoms with Gasteiger partial charge in [0.1, 0.15) is 0 Å². The topological polar surface area (TPSA) is 12.5 Å². The van der Waals surface area contributed by atoms with Gasteiger partial charge in [0.15, 0.2) is 8.32 Å². The number of benzene rings is 1. The van der Waals surface area contributed by atoms with Gasteiger partial charge in [0.25, 0.3) is 0 Å². The van der Waals surface area contributed by atoms with Crippen LogP contribution in [-0.2, 0) is 4.43 Å². The summed E-state index contributed by atoms with van der Waals surface area (Å²) in [5.41, 5.74) is 1.28. The molecule has 0 amide bonds. The zero-order valence-corrected chi connectivity index (χ0v) is 14.3. The Hall–Kier alpha value is -0.0731. The number of nitrogens with zero attached hydrogens (tertiary/aromatic N) is 1. The highest BCUT2D eigenvalue weighted by Crippen LogP contribution is 2.16. The molecule has 0 bridgehead atoms. The van der Waals surface area contributed by atoms with Gasteiger partial charge in [0.2, 0.25) is 0 Å². The third-order valence-electron chi connectivity index (χ3n) is 2.47.